The first kappa shape index (κ1) is 17.8. The lowest BCUT2D eigenvalue weighted by Gasteiger charge is -2.43. The molecule has 0 radical (unpaired) electrons. The van der Waals surface area contributed by atoms with Crippen LogP contribution in [0.5, 0.6) is 0 Å². The Bertz CT molecular complexity index is 316. The topological polar surface area (TPSA) is 55.1 Å². The van der Waals surface area contributed by atoms with E-state index in [2.05, 4.69) is 19.2 Å². The predicted octanol–water partition coefficient (Wildman–Crippen LogP) is 3.26. The molecule has 0 aliphatic heterocycles. The molecule has 4 heteroatoms. The number of amides is 1. The second-order valence-electron chi connectivity index (χ2n) is 7.29. The SMILES string of the molecule is CC(C)CC1(CNC(=O)C2CCCC(N)C2)CCC1.Cl. The van der Waals surface area contributed by atoms with Gasteiger partial charge in [0.15, 0.2) is 0 Å². The van der Waals surface area contributed by atoms with Crippen molar-refractivity contribution in [3.63, 3.8) is 0 Å². The molecule has 2 fully saturated rings. The molecule has 3 nitrogen and oxygen atoms in total. The van der Waals surface area contributed by atoms with E-state index in [0.717, 1.165) is 38.1 Å². The van der Waals surface area contributed by atoms with Crippen LogP contribution in [0.3, 0.4) is 0 Å². The van der Waals surface area contributed by atoms with Crippen LogP contribution in [0.15, 0.2) is 0 Å². The Labute approximate surface area is 129 Å². The molecule has 0 spiro atoms. The van der Waals surface area contributed by atoms with Crippen LogP contribution in [-0.4, -0.2) is 18.5 Å². The van der Waals surface area contributed by atoms with Crippen LogP contribution >= 0.6 is 12.4 Å². The van der Waals surface area contributed by atoms with Crippen molar-refractivity contribution >= 4 is 18.3 Å². The second-order valence-corrected chi connectivity index (χ2v) is 7.29. The van der Waals surface area contributed by atoms with E-state index in [0.29, 0.717) is 5.41 Å². The van der Waals surface area contributed by atoms with Crippen LogP contribution in [0.4, 0.5) is 0 Å². The van der Waals surface area contributed by atoms with Crippen LogP contribution in [0.25, 0.3) is 0 Å². The summed E-state index contributed by atoms with van der Waals surface area (Å²) in [5.41, 5.74) is 6.37. The fraction of sp³-hybridized carbons (Fsp3) is 0.938. The summed E-state index contributed by atoms with van der Waals surface area (Å²) in [6.07, 6.45) is 9.25. The van der Waals surface area contributed by atoms with Gasteiger partial charge in [0.25, 0.3) is 0 Å². The molecule has 0 saturated heterocycles. The Hall–Kier alpha value is -0.280. The maximum atomic E-state index is 12.2. The largest absolute Gasteiger partial charge is 0.355 e. The van der Waals surface area contributed by atoms with Gasteiger partial charge in [-0.05, 0) is 49.9 Å². The van der Waals surface area contributed by atoms with Crippen molar-refractivity contribution in [3.8, 4) is 0 Å². The number of nitrogens with one attached hydrogen (secondary N) is 1. The van der Waals surface area contributed by atoms with Crippen molar-refractivity contribution in [3.05, 3.63) is 0 Å². The monoisotopic (exact) mass is 302 g/mol. The molecule has 3 N–H and O–H groups in total. The van der Waals surface area contributed by atoms with Gasteiger partial charge in [0.1, 0.15) is 0 Å². The Kier molecular flexibility index (Phi) is 6.80. The normalized spacial score (nSPS) is 28.4. The van der Waals surface area contributed by atoms with Gasteiger partial charge < -0.3 is 11.1 Å². The highest BCUT2D eigenvalue weighted by Gasteiger charge is 2.38. The summed E-state index contributed by atoms with van der Waals surface area (Å²) >= 11 is 0. The summed E-state index contributed by atoms with van der Waals surface area (Å²) in [7, 11) is 0. The molecule has 0 aromatic rings. The number of hydrogen-bond donors (Lipinski definition) is 2. The number of carbonyl (C=O) groups excluding carboxylic acids is 1. The molecule has 2 saturated carbocycles. The van der Waals surface area contributed by atoms with Gasteiger partial charge in [0.2, 0.25) is 5.91 Å². The summed E-state index contributed by atoms with van der Waals surface area (Å²) in [4.78, 5) is 12.2. The zero-order valence-corrected chi connectivity index (χ0v) is 13.8. The molecule has 0 bridgehead atoms. The molecule has 2 rings (SSSR count). The third kappa shape index (κ3) is 4.63. The number of rotatable bonds is 5. The molecule has 2 unspecified atom stereocenters. The minimum atomic E-state index is 0. The Balaban J connectivity index is 0.00000200. The molecular formula is C16H31ClN2O. The zero-order chi connectivity index (χ0) is 13.9. The Morgan fingerprint density at radius 3 is 2.50 bits per heavy atom. The third-order valence-corrected chi connectivity index (χ3v) is 4.98. The van der Waals surface area contributed by atoms with Gasteiger partial charge in [-0.3, -0.25) is 4.79 Å². The van der Waals surface area contributed by atoms with E-state index in [-0.39, 0.29) is 30.3 Å². The minimum Gasteiger partial charge on any atom is -0.355 e. The molecule has 0 aromatic carbocycles. The van der Waals surface area contributed by atoms with Gasteiger partial charge in [-0.2, -0.15) is 0 Å². The van der Waals surface area contributed by atoms with Gasteiger partial charge in [-0.1, -0.05) is 26.7 Å². The quantitative estimate of drug-likeness (QED) is 0.819. The number of hydrogen-bond acceptors (Lipinski definition) is 2. The first-order chi connectivity index (χ1) is 9.01. The summed E-state index contributed by atoms with van der Waals surface area (Å²) in [6, 6.07) is 0.234. The summed E-state index contributed by atoms with van der Waals surface area (Å²) in [5.74, 6) is 1.14. The van der Waals surface area contributed by atoms with E-state index in [1.807, 2.05) is 0 Å². The van der Waals surface area contributed by atoms with Crippen LogP contribution in [0, 0.1) is 17.3 Å². The maximum Gasteiger partial charge on any atom is 0.223 e. The molecule has 20 heavy (non-hydrogen) atoms. The van der Waals surface area contributed by atoms with E-state index in [4.69, 9.17) is 5.73 Å². The van der Waals surface area contributed by atoms with Crippen molar-refractivity contribution in [2.45, 2.75) is 71.3 Å². The van der Waals surface area contributed by atoms with E-state index in [1.165, 1.54) is 25.7 Å². The summed E-state index contributed by atoms with van der Waals surface area (Å²) in [6.45, 7) is 5.44. The van der Waals surface area contributed by atoms with E-state index < -0.39 is 0 Å². The molecule has 2 aliphatic rings. The highest BCUT2D eigenvalue weighted by Crippen LogP contribution is 2.45. The average Bonchev–Trinajstić information content (AvgIpc) is 2.31. The van der Waals surface area contributed by atoms with Crippen molar-refractivity contribution in [1.82, 2.24) is 5.32 Å². The van der Waals surface area contributed by atoms with E-state index in [9.17, 15) is 4.79 Å². The first-order valence-electron chi connectivity index (χ1n) is 8.04. The second kappa shape index (κ2) is 7.65. The number of nitrogens with two attached hydrogens (primary N) is 1. The lowest BCUT2D eigenvalue weighted by molar-refractivity contribution is -0.127. The average molecular weight is 303 g/mol. The molecular weight excluding hydrogens is 272 g/mol. The number of carbonyl (C=O) groups is 1. The third-order valence-electron chi connectivity index (χ3n) is 4.98. The molecule has 0 aromatic heterocycles. The van der Waals surface area contributed by atoms with Gasteiger partial charge in [0.05, 0.1) is 0 Å². The lowest BCUT2D eigenvalue weighted by atomic mass is 9.64. The van der Waals surface area contributed by atoms with Crippen molar-refractivity contribution in [1.29, 1.82) is 0 Å². The van der Waals surface area contributed by atoms with Gasteiger partial charge in [0, 0.05) is 18.5 Å². The van der Waals surface area contributed by atoms with Crippen molar-refractivity contribution in [2.75, 3.05) is 6.54 Å². The highest BCUT2D eigenvalue weighted by atomic mass is 35.5. The van der Waals surface area contributed by atoms with E-state index in [1.54, 1.807) is 0 Å². The Morgan fingerprint density at radius 1 is 1.30 bits per heavy atom. The first-order valence-corrected chi connectivity index (χ1v) is 8.04. The molecule has 2 aliphatic carbocycles. The summed E-state index contributed by atoms with van der Waals surface area (Å²) in [5, 5.41) is 3.23. The molecule has 1 amide bonds. The van der Waals surface area contributed by atoms with Gasteiger partial charge in [-0.25, -0.2) is 0 Å². The molecule has 118 valence electrons. The highest BCUT2D eigenvalue weighted by molar-refractivity contribution is 5.85. The standard InChI is InChI=1S/C16H30N2O.ClH/c1-12(2)10-16(7-4-8-16)11-18-15(19)13-5-3-6-14(17)9-13;/h12-14H,3-11,17H2,1-2H3,(H,18,19);1H. The smallest absolute Gasteiger partial charge is 0.223 e. The Morgan fingerprint density at radius 2 is 2.00 bits per heavy atom. The van der Waals surface area contributed by atoms with Gasteiger partial charge >= 0.3 is 0 Å². The predicted molar refractivity (Wildman–Crippen MR) is 85.9 cm³/mol. The van der Waals surface area contributed by atoms with E-state index >= 15 is 0 Å². The molecule has 0 heterocycles. The summed E-state index contributed by atoms with van der Waals surface area (Å²) < 4.78 is 0. The van der Waals surface area contributed by atoms with Crippen LogP contribution < -0.4 is 11.1 Å². The lowest BCUT2D eigenvalue weighted by Crippen LogP contribution is -2.46. The van der Waals surface area contributed by atoms with Gasteiger partial charge in [-0.15, -0.1) is 12.4 Å². The number of halogens is 1. The van der Waals surface area contributed by atoms with Crippen molar-refractivity contribution < 1.29 is 4.79 Å². The zero-order valence-electron chi connectivity index (χ0n) is 13.0. The maximum absolute atomic E-state index is 12.2. The van der Waals surface area contributed by atoms with Crippen LogP contribution in [0.1, 0.15) is 65.2 Å². The van der Waals surface area contributed by atoms with Crippen molar-refractivity contribution in [2.24, 2.45) is 23.0 Å². The van der Waals surface area contributed by atoms with Crippen LogP contribution in [-0.2, 0) is 4.79 Å². The molecule has 2 atom stereocenters. The van der Waals surface area contributed by atoms with Crippen LogP contribution in [0.2, 0.25) is 0 Å². The fourth-order valence-electron chi connectivity index (χ4n) is 3.88. The fourth-order valence-corrected chi connectivity index (χ4v) is 3.88. The minimum absolute atomic E-state index is 0.